The molecule has 84 valence electrons. The monoisotopic (exact) mass is 215 g/mol. The van der Waals surface area contributed by atoms with Crippen LogP contribution in [0.4, 0.5) is 8.78 Å². The lowest BCUT2D eigenvalue weighted by Crippen LogP contribution is -2.25. The normalized spacial score (nSPS) is 15.4. The topological polar surface area (TPSA) is 46.2 Å². The van der Waals surface area contributed by atoms with Gasteiger partial charge in [0.2, 0.25) is 0 Å². The zero-order chi connectivity index (χ0) is 11.6. The highest BCUT2D eigenvalue weighted by Crippen LogP contribution is 2.29. The molecule has 0 heterocycles. The van der Waals surface area contributed by atoms with Gasteiger partial charge >= 0.3 is 0 Å². The second kappa shape index (κ2) is 4.68. The summed E-state index contributed by atoms with van der Waals surface area (Å²) in [5, 5.41) is 9.69. The number of aryl methyl sites for hydroxylation is 1. The van der Waals surface area contributed by atoms with E-state index in [0.29, 0.717) is 0 Å². The van der Waals surface area contributed by atoms with Crippen LogP contribution in [0.1, 0.15) is 36.1 Å². The van der Waals surface area contributed by atoms with Crippen LogP contribution in [-0.4, -0.2) is 11.1 Å². The summed E-state index contributed by atoms with van der Waals surface area (Å²) in [5.41, 5.74) is 6.39. The molecule has 0 aromatic heterocycles. The van der Waals surface area contributed by atoms with Crippen LogP contribution in [0, 0.1) is 6.92 Å². The maximum atomic E-state index is 12.6. The number of benzene rings is 1. The number of hydrogen-bond donors (Lipinski definition) is 2. The van der Waals surface area contributed by atoms with Gasteiger partial charge in [-0.1, -0.05) is 23.8 Å². The molecule has 0 aliphatic heterocycles. The molecule has 1 aromatic rings. The van der Waals surface area contributed by atoms with Crippen molar-refractivity contribution in [3.05, 3.63) is 34.9 Å². The van der Waals surface area contributed by atoms with Crippen LogP contribution in [0.2, 0.25) is 0 Å². The third kappa shape index (κ3) is 2.73. The predicted octanol–water partition coefficient (Wildman–Crippen LogP) is 2.31. The van der Waals surface area contributed by atoms with E-state index in [2.05, 4.69) is 0 Å². The van der Waals surface area contributed by atoms with Crippen LogP contribution in [0.3, 0.4) is 0 Å². The van der Waals surface area contributed by atoms with Gasteiger partial charge in [-0.25, -0.2) is 8.78 Å². The van der Waals surface area contributed by atoms with Gasteiger partial charge in [0.25, 0.3) is 6.43 Å². The van der Waals surface area contributed by atoms with E-state index in [-0.39, 0.29) is 11.1 Å². The molecule has 2 unspecified atom stereocenters. The Balaban J connectivity index is 3.18. The quantitative estimate of drug-likeness (QED) is 0.812. The third-order valence-electron chi connectivity index (χ3n) is 2.29. The maximum Gasteiger partial charge on any atom is 0.264 e. The summed E-state index contributed by atoms with van der Waals surface area (Å²) in [6.45, 7) is 3.37. The lowest BCUT2D eigenvalue weighted by atomic mass is 9.96. The molecule has 3 N–H and O–H groups in total. The fourth-order valence-corrected chi connectivity index (χ4v) is 1.43. The second-order valence-electron chi connectivity index (χ2n) is 3.74. The van der Waals surface area contributed by atoms with E-state index >= 15 is 0 Å². The minimum absolute atomic E-state index is 0.148. The SMILES string of the molecule is Cc1ccc(C(F)F)c(C(O)C(C)N)c1. The van der Waals surface area contributed by atoms with Gasteiger partial charge in [-0.05, 0) is 19.4 Å². The molecule has 0 amide bonds. The summed E-state index contributed by atoms with van der Waals surface area (Å²) in [4.78, 5) is 0. The fraction of sp³-hybridized carbons (Fsp3) is 0.455. The van der Waals surface area contributed by atoms with Gasteiger partial charge in [-0.15, -0.1) is 0 Å². The summed E-state index contributed by atoms with van der Waals surface area (Å²) in [7, 11) is 0. The van der Waals surface area contributed by atoms with E-state index in [0.717, 1.165) is 5.56 Å². The van der Waals surface area contributed by atoms with Crippen molar-refractivity contribution in [2.24, 2.45) is 5.73 Å². The molecule has 2 atom stereocenters. The molecule has 0 spiro atoms. The number of rotatable bonds is 3. The van der Waals surface area contributed by atoms with Crippen LogP contribution in [-0.2, 0) is 0 Å². The summed E-state index contributed by atoms with van der Waals surface area (Å²) in [6.07, 6.45) is -3.64. The first kappa shape index (κ1) is 12.1. The molecule has 0 aliphatic carbocycles. The van der Waals surface area contributed by atoms with Crippen molar-refractivity contribution >= 4 is 0 Å². The lowest BCUT2D eigenvalue weighted by molar-refractivity contribution is 0.127. The van der Waals surface area contributed by atoms with Gasteiger partial charge in [0.05, 0.1) is 6.10 Å². The van der Waals surface area contributed by atoms with Gasteiger partial charge < -0.3 is 10.8 Å². The molecule has 15 heavy (non-hydrogen) atoms. The lowest BCUT2D eigenvalue weighted by Gasteiger charge is -2.19. The van der Waals surface area contributed by atoms with Crippen molar-refractivity contribution < 1.29 is 13.9 Å². The Morgan fingerprint density at radius 2 is 1.87 bits per heavy atom. The fourth-order valence-electron chi connectivity index (χ4n) is 1.43. The summed E-state index contributed by atoms with van der Waals surface area (Å²) in [6, 6.07) is 3.92. The van der Waals surface area contributed by atoms with Crippen molar-refractivity contribution in [3.8, 4) is 0 Å². The summed E-state index contributed by atoms with van der Waals surface area (Å²) in [5.74, 6) is 0. The van der Waals surface area contributed by atoms with Gasteiger partial charge in [0.15, 0.2) is 0 Å². The van der Waals surface area contributed by atoms with E-state index < -0.39 is 18.6 Å². The van der Waals surface area contributed by atoms with Crippen molar-refractivity contribution in [1.29, 1.82) is 0 Å². The first-order chi connectivity index (χ1) is 6.93. The average Bonchev–Trinajstić information content (AvgIpc) is 2.15. The van der Waals surface area contributed by atoms with Gasteiger partial charge in [-0.2, -0.15) is 0 Å². The van der Waals surface area contributed by atoms with Crippen LogP contribution in [0.25, 0.3) is 0 Å². The van der Waals surface area contributed by atoms with Gasteiger partial charge in [-0.3, -0.25) is 0 Å². The molecule has 0 aliphatic rings. The number of halogens is 2. The molecular formula is C11H15F2NO. The maximum absolute atomic E-state index is 12.6. The van der Waals surface area contributed by atoms with E-state index in [1.54, 1.807) is 26.0 Å². The van der Waals surface area contributed by atoms with Crippen molar-refractivity contribution in [3.63, 3.8) is 0 Å². The number of aliphatic hydroxyl groups excluding tert-OH is 1. The highest BCUT2D eigenvalue weighted by molar-refractivity contribution is 5.34. The first-order valence-electron chi connectivity index (χ1n) is 4.75. The number of nitrogens with two attached hydrogens (primary N) is 1. The molecule has 0 radical (unpaired) electrons. The first-order valence-corrected chi connectivity index (χ1v) is 4.75. The number of aliphatic hydroxyl groups is 1. The predicted molar refractivity (Wildman–Crippen MR) is 54.7 cm³/mol. The Hall–Kier alpha value is -1.00. The smallest absolute Gasteiger partial charge is 0.264 e. The molecule has 1 aromatic carbocycles. The molecule has 1 rings (SSSR count). The van der Waals surface area contributed by atoms with Crippen molar-refractivity contribution in [2.75, 3.05) is 0 Å². The van der Waals surface area contributed by atoms with Crippen LogP contribution >= 0.6 is 0 Å². The van der Waals surface area contributed by atoms with E-state index in [9.17, 15) is 13.9 Å². The molecule has 2 nitrogen and oxygen atoms in total. The molecule has 0 bridgehead atoms. The van der Waals surface area contributed by atoms with Crippen LogP contribution in [0.5, 0.6) is 0 Å². The van der Waals surface area contributed by atoms with Crippen molar-refractivity contribution in [1.82, 2.24) is 0 Å². The molecular weight excluding hydrogens is 200 g/mol. The molecule has 0 fully saturated rings. The number of alkyl halides is 2. The average molecular weight is 215 g/mol. The molecule has 0 saturated heterocycles. The number of hydrogen-bond acceptors (Lipinski definition) is 2. The van der Waals surface area contributed by atoms with Gasteiger partial charge in [0.1, 0.15) is 0 Å². The van der Waals surface area contributed by atoms with E-state index in [1.165, 1.54) is 6.07 Å². The Morgan fingerprint density at radius 3 is 2.33 bits per heavy atom. The minimum atomic E-state index is -2.59. The largest absolute Gasteiger partial charge is 0.387 e. The Morgan fingerprint density at radius 1 is 1.27 bits per heavy atom. The van der Waals surface area contributed by atoms with E-state index in [1.807, 2.05) is 0 Å². The zero-order valence-corrected chi connectivity index (χ0v) is 8.74. The highest BCUT2D eigenvalue weighted by Gasteiger charge is 2.20. The molecule has 0 saturated carbocycles. The van der Waals surface area contributed by atoms with Crippen molar-refractivity contribution in [2.45, 2.75) is 32.4 Å². The summed E-state index contributed by atoms with van der Waals surface area (Å²) >= 11 is 0. The Kier molecular flexibility index (Phi) is 3.77. The standard InChI is InChI=1S/C11H15F2NO/c1-6-3-4-8(11(12)13)9(5-6)10(15)7(2)14/h3-5,7,10-11,15H,14H2,1-2H3. The van der Waals surface area contributed by atoms with Crippen LogP contribution < -0.4 is 5.73 Å². The van der Waals surface area contributed by atoms with Gasteiger partial charge in [0, 0.05) is 11.6 Å². The minimum Gasteiger partial charge on any atom is -0.387 e. The second-order valence-corrected chi connectivity index (χ2v) is 3.74. The van der Waals surface area contributed by atoms with Crippen LogP contribution in [0.15, 0.2) is 18.2 Å². The third-order valence-corrected chi connectivity index (χ3v) is 2.29. The van der Waals surface area contributed by atoms with E-state index in [4.69, 9.17) is 5.73 Å². The summed E-state index contributed by atoms with van der Waals surface area (Å²) < 4.78 is 25.3. The zero-order valence-electron chi connectivity index (χ0n) is 8.74. The Labute approximate surface area is 87.7 Å². The molecule has 4 heteroatoms. The Bertz CT molecular complexity index is 339. The highest BCUT2D eigenvalue weighted by atomic mass is 19.3.